The molecule has 0 N–H and O–H groups in total. The Labute approximate surface area is 163 Å². The number of benzene rings is 3. The molecule has 27 heavy (non-hydrogen) atoms. The molecule has 1 aromatic heterocycles. The van der Waals surface area contributed by atoms with Crippen LogP contribution in [0.5, 0.6) is 0 Å². The molecular formula is C22H19NO2S2. The Balaban J connectivity index is 2.12. The molecule has 0 saturated heterocycles. The van der Waals surface area contributed by atoms with Crippen LogP contribution in [0.1, 0.15) is 5.56 Å². The van der Waals surface area contributed by atoms with Crippen LogP contribution in [0.2, 0.25) is 0 Å². The number of thioether (sulfide) groups is 1. The summed E-state index contributed by atoms with van der Waals surface area (Å²) in [4.78, 5) is 1.26. The molecule has 0 saturated carbocycles. The summed E-state index contributed by atoms with van der Waals surface area (Å²) in [7, 11) is -3.75. The van der Waals surface area contributed by atoms with Crippen LogP contribution in [0.15, 0.2) is 88.7 Å². The van der Waals surface area contributed by atoms with Gasteiger partial charge in [-0.25, -0.2) is 12.4 Å². The smallest absolute Gasteiger partial charge is 0.232 e. The molecule has 0 aliphatic carbocycles. The molecule has 4 rings (SSSR count). The van der Waals surface area contributed by atoms with Crippen molar-refractivity contribution in [1.29, 1.82) is 0 Å². The number of fused-ring (bicyclic) bond motifs is 1. The van der Waals surface area contributed by atoms with Crippen molar-refractivity contribution in [2.24, 2.45) is 0 Å². The fourth-order valence-electron chi connectivity index (χ4n) is 3.30. The average Bonchev–Trinajstić information content (AvgIpc) is 3.04. The third kappa shape index (κ3) is 2.97. The molecule has 5 heteroatoms. The van der Waals surface area contributed by atoms with E-state index in [0.29, 0.717) is 16.1 Å². The number of para-hydroxylation sites is 1. The lowest BCUT2D eigenvalue weighted by Gasteiger charge is -2.13. The van der Waals surface area contributed by atoms with E-state index in [1.54, 1.807) is 23.9 Å². The van der Waals surface area contributed by atoms with Crippen LogP contribution in [-0.4, -0.2) is 18.6 Å². The average molecular weight is 394 g/mol. The van der Waals surface area contributed by atoms with E-state index in [4.69, 9.17) is 0 Å². The molecule has 0 unspecified atom stereocenters. The van der Waals surface area contributed by atoms with Crippen LogP contribution >= 0.6 is 11.8 Å². The summed E-state index contributed by atoms with van der Waals surface area (Å²) < 4.78 is 28.8. The first kappa shape index (κ1) is 17.9. The summed E-state index contributed by atoms with van der Waals surface area (Å²) in [5.41, 5.74) is 3.32. The molecule has 0 bridgehead atoms. The standard InChI is InChI=1S/C22H19NO2S2/c1-16-12-14-18(15-13-16)27(24,25)23-20-11-7-6-10-19(20)22(26-2)21(23)17-8-4-3-5-9-17/h3-15H,1-2H3. The molecule has 136 valence electrons. The van der Waals surface area contributed by atoms with Crippen molar-refractivity contribution in [2.75, 3.05) is 6.26 Å². The molecule has 0 radical (unpaired) electrons. The topological polar surface area (TPSA) is 39.1 Å². The van der Waals surface area contributed by atoms with E-state index >= 15 is 0 Å². The number of nitrogens with zero attached hydrogens (tertiary/aromatic N) is 1. The summed E-state index contributed by atoms with van der Waals surface area (Å²) >= 11 is 1.57. The van der Waals surface area contributed by atoms with Crippen molar-refractivity contribution in [2.45, 2.75) is 16.7 Å². The minimum Gasteiger partial charge on any atom is -0.232 e. The van der Waals surface area contributed by atoms with Crippen molar-refractivity contribution in [3.05, 3.63) is 84.4 Å². The van der Waals surface area contributed by atoms with Crippen molar-refractivity contribution in [1.82, 2.24) is 3.97 Å². The normalized spacial score (nSPS) is 11.8. The number of rotatable bonds is 4. The quantitative estimate of drug-likeness (QED) is 0.425. The van der Waals surface area contributed by atoms with Crippen LogP contribution in [0.4, 0.5) is 0 Å². The molecule has 0 aliphatic heterocycles. The highest BCUT2D eigenvalue weighted by molar-refractivity contribution is 7.99. The van der Waals surface area contributed by atoms with E-state index in [9.17, 15) is 8.42 Å². The zero-order valence-corrected chi connectivity index (χ0v) is 16.7. The fourth-order valence-corrected chi connectivity index (χ4v) is 5.70. The van der Waals surface area contributed by atoms with E-state index in [-0.39, 0.29) is 0 Å². The summed E-state index contributed by atoms with van der Waals surface area (Å²) in [5, 5.41) is 0.944. The highest BCUT2D eigenvalue weighted by Crippen LogP contribution is 2.41. The van der Waals surface area contributed by atoms with Crippen molar-refractivity contribution in [3.8, 4) is 11.3 Å². The molecular weight excluding hydrogens is 374 g/mol. The van der Waals surface area contributed by atoms with Gasteiger partial charge in [0.25, 0.3) is 10.0 Å². The zero-order chi connectivity index (χ0) is 19.0. The van der Waals surface area contributed by atoms with Crippen molar-refractivity contribution in [3.63, 3.8) is 0 Å². The van der Waals surface area contributed by atoms with Crippen LogP contribution < -0.4 is 0 Å². The van der Waals surface area contributed by atoms with Crippen LogP contribution in [0.3, 0.4) is 0 Å². The maximum atomic E-state index is 13.6. The summed E-state index contributed by atoms with van der Waals surface area (Å²) in [6, 6.07) is 24.4. The van der Waals surface area contributed by atoms with Gasteiger partial charge in [0.05, 0.1) is 16.1 Å². The van der Waals surface area contributed by atoms with Gasteiger partial charge in [0.15, 0.2) is 0 Å². The Morgan fingerprint density at radius 2 is 1.44 bits per heavy atom. The molecule has 3 aromatic carbocycles. The molecule has 0 amide bonds. The first-order valence-electron chi connectivity index (χ1n) is 8.59. The van der Waals surface area contributed by atoms with Crippen LogP contribution in [0, 0.1) is 6.92 Å². The summed E-state index contributed by atoms with van der Waals surface area (Å²) in [6.45, 7) is 1.95. The van der Waals surface area contributed by atoms with Gasteiger partial charge in [0, 0.05) is 15.8 Å². The maximum Gasteiger partial charge on any atom is 0.268 e. The highest BCUT2D eigenvalue weighted by Gasteiger charge is 2.27. The molecule has 0 atom stereocenters. The Kier molecular flexibility index (Phi) is 4.58. The van der Waals surface area contributed by atoms with Crippen molar-refractivity contribution >= 4 is 32.7 Å². The van der Waals surface area contributed by atoms with Gasteiger partial charge in [0.2, 0.25) is 0 Å². The Morgan fingerprint density at radius 1 is 0.815 bits per heavy atom. The lowest BCUT2D eigenvalue weighted by molar-refractivity contribution is 0.589. The van der Waals surface area contributed by atoms with E-state index < -0.39 is 10.0 Å². The molecule has 0 fully saturated rings. The third-order valence-electron chi connectivity index (χ3n) is 4.60. The number of hydrogen-bond acceptors (Lipinski definition) is 3. The van der Waals surface area contributed by atoms with Gasteiger partial charge in [-0.3, -0.25) is 0 Å². The maximum absolute atomic E-state index is 13.6. The van der Waals surface area contributed by atoms with Gasteiger partial charge >= 0.3 is 0 Å². The first-order chi connectivity index (χ1) is 13.0. The third-order valence-corrected chi connectivity index (χ3v) is 7.15. The lowest BCUT2D eigenvalue weighted by Crippen LogP contribution is -2.14. The Bertz CT molecular complexity index is 1210. The van der Waals surface area contributed by atoms with E-state index in [2.05, 4.69) is 0 Å². The second-order valence-electron chi connectivity index (χ2n) is 6.35. The largest absolute Gasteiger partial charge is 0.268 e. The molecule has 4 aromatic rings. The predicted molar refractivity (Wildman–Crippen MR) is 113 cm³/mol. The van der Waals surface area contributed by atoms with Gasteiger partial charge in [0.1, 0.15) is 0 Å². The number of aromatic nitrogens is 1. The Morgan fingerprint density at radius 3 is 2.11 bits per heavy atom. The first-order valence-corrected chi connectivity index (χ1v) is 11.3. The van der Waals surface area contributed by atoms with Gasteiger partial charge < -0.3 is 0 Å². The van der Waals surface area contributed by atoms with Gasteiger partial charge in [-0.1, -0.05) is 66.2 Å². The van der Waals surface area contributed by atoms with E-state index in [1.807, 2.05) is 79.9 Å². The van der Waals surface area contributed by atoms with Crippen LogP contribution in [-0.2, 0) is 10.0 Å². The predicted octanol–water partition coefficient (Wildman–Crippen LogP) is 5.58. The minimum atomic E-state index is -3.75. The lowest BCUT2D eigenvalue weighted by atomic mass is 10.1. The monoisotopic (exact) mass is 393 g/mol. The summed E-state index contributed by atoms with van der Waals surface area (Å²) in [6.07, 6.45) is 1.98. The van der Waals surface area contributed by atoms with Gasteiger partial charge in [-0.05, 0) is 31.4 Å². The SMILES string of the molecule is CSc1c(-c2ccccc2)n(S(=O)(=O)c2ccc(C)cc2)c2ccccc12. The van der Waals surface area contributed by atoms with Gasteiger partial charge in [-0.15, -0.1) is 11.8 Å². The molecule has 1 heterocycles. The fraction of sp³-hybridized carbons (Fsp3) is 0.0909. The number of hydrogen-bond donors (Lipinski definition) is 0. The van der Waals surface area contributed by atoms with Crippen molar-refractivity contribution < 1.29 is 8.42 Å². The molecule has 0 aliphatic rings. The molecule has 0 spiro atoms. The zero-order valence-electron chi connectivity index (χ0n) is 15.1. The highest BCUT2D eigenvalue weighted by atomic mass is 32.2. The number of aryl methyl sites for hydroxylation is 1. The van der Waals surface area contributed by atoms with E-state index in [0.717, 1.165) is 21.4 Å². The summed E-state index contributed by atoms with van der Waals surface area (Å²) in [5.74, 6) is 0. The molecule has 3 nitrogen and oxygen atoms in total. The minimum absolute atomic E-state index is 0.290. The van der Waals surface area contributed by atoms with Crippen LogP contribution in [0.25, 0.3) is 22.2 Å². The second-order valence-corrected chi connectivity index (χ2v) is 8.95. The van der Waals surface area contributed by atoms with Gasteiger partial charge in [-0.2, -0.15) is 0 Å². The van der Waals surface area contributed by atoms with E-state index in [1.165, 1.54) is 3.97 Å². The second kappa shape index (κ2) is 6.91. The Hall–Kier alpha value is -2.50.